The van der Waals surface area contributed by atoms with Gasteiger partial charge in [0.15, 0.2) is 0 Å². The number of hydrogen-bond acceptors (Lipinski definition) is 4. The molecule has 1 aliphatic rings. The predicted octanol–water partition coefficient (Wildman–Crippen LogP) is 1.07. The number of benzene rings is 1. The van der Waals surface area contributed by atoms with Crippen molar-refractivity contribution in [3.8, 4) is 0 Å². The Bertz CT molecular complexity index is 579. The second-order valence-electron chi connectivity index (χ2n) is 4.46. The van der Waals surface area contributed by atoms with Crippen LogP contribution in [0.15, 0.2) is 18.2 Å². The summed E-state index contributed by atoms with van der Waals surface area (Å²) in [6, 6.07) is 5.03. The average molecular weight is 312 g/mol. The molecule has 0 aliphatic carbocycles. The van der Waals surface area contributed by atoms with Gasteiger partial charge in [0, 0.05) is 13.0 Å². The van der Waals surface area contributed by atoms with E-state index in [2.05, 4.69) is 10.6 Å². The summed E-state index contributed by atoms with van der Waals surface area (Å²) in [4.78, 5) is 35.1. The fourth-order valence-corrected chi connectivity index (χ4v) is 2.51. The molecule has 0 fully saturated rings. The molecular formula is C13H14ClN3O4. The fourth-order valence-electron chi connectivity index (χ4n) is 2.26. The molecule has 1 atom stereocenters. The third kappa shape index (κ3) is 3.25. The van der Waals surface area contributed by atoms with Crippen molar-refractivity contribution >= 4 is 35.6 Å². The van der Waals surface area contributed by atoms with Gasteiger partial charge in [-0.05, 0) is 12.1 Å². The average Bonchev–Trinajstić information content (AvgIpc) is 2.44. The maximum atomic E-state index is 12.1. The van der Waals surface area contributed by atoms with E-state index in [1.165, 1.54) is 0 Å². The summed E-state index contributed by atoms with van der Waals surface area (Å²) in [6.45, 7) is 0.356. The molecule has 1 unspecified atom stereocenters. The van der Waals surface area contributed by atoms with Crippen molar-refractivity contribution in [2.24, 2.45) is 0 Å². The van der Waals surface area contributed by atoms with E-state index in [9.17, 15) is 14.4 Å². The molecule has 1 aliphatic heterocycles. The minimum atomic E-state index is -1.18. The van der Waals surface area contributed by atoms with E-state index in [-0.39, 0.29) is 18.9 Å². The van der Waals surface area contributed by atoms with Crippen molar-refractivity contribution < 1.29 is 19.5 Å². The predicted molar refractivity (Wildman–Crippen MR) is 76.8 cm³/mol. The van der Waals surface area contributed by atoms with Gasteiger partial charge in [0.25, 0.3) is 5.91 Å². The molecule has 7 nitrogen and oxygen atoms in total. The van der Waals surface area contributed by atoms with Gasteiger partial charge in [-0.2, -0.15) is 0 Å². The van der Waals surface area contributed by atoms with Crippen LogP contribution in [0.25, 0.3) is 0 Å². The van der Waals surface area contributed by atoms with Crippen LogP contribution in [-0.2, 0) is 4.79 Å². The van der Waals surface area contributed by atoms with E-state index in [0.29, 0.717) is 22.8 Å². The fraction of sp³-hybridized carbons (Fsp3) is 0.308. The Morgan fingerprint density at radius 1 is 1.52 bits per heavy atom. The van der Waals surface area contributed by atoms with Gasteiger partial charge >= 0.3 is 6.09 Å². The van der Waals surface area contributed by atoms with E-state index in [1.807, 2.05) is 0 Å². The molecule has 0 saturated carbocycles. The summed E-state index contributed by atoms with van der Waals surface area (Å²) in [5.74, 6) is -0.366. The Balaban J connectivity index is 2.33. The monoisotopic (exact) mass is 311 g/mol. The second-order valence-corrected chi connectivity index (χ2v) is 4.87. The van der Waals surface area contributed by atoms with Crippen LogP contribution in [0.1, 0.15) is 16.8 Å². The van der Waals surface area contributed by atoms with Crippen LogP contribution in [0.4, 0.5) is 10.5 Å². The number of amides is 2. The molecule has 0 radical (unpaired) electrons. The van der Waals surface area contributed by atoms with Crippen molar-refractivity contribution in [1.29, 1.82) is 0 Å². The summed E-state index contributed by atoms with van der Waals surface area (Å²) >= 11 is 6.04. The molecular weight excluding hydrogens is 298 g/mol. The Morgan fingerprint density at radius 2 is 2.29 bits per heavy atom. The highest BCUT2D eigenvalue weighted by atomic mass is 35.5. The number of aldehydes is 1. The number of carboxylic acid groups (broad SMARTS) is 1. The molecule has 0 spiro atoms. The quantitative estimate of drug-likeness (QED) is 0.707. The first-order valence-electron chi connectivity index (χ1n) is 6.31. The molecule has 21 heavy (non-hydrogen) atoms. The van der Waals surface area contributed by atoms with Crippen molar-refractivity contribution in [2.75, 3.05) is 18.0 Å². The maximum absolute atomic E-state index is 12.1. The highest BCUT2D eigenvalue weighted by Crippen LogP contribution is 2.31. The van der Waals surface area contributed by atoms with Crippen molar-refractivity contribution in [3.63, 3.8) is 0 Å². The van der Waals surface area contributed by atoms with Gasteiger partial charge in [0.05, 0.1) is 22.8 Å². The third-order valence-corrected chi connectivity index (χ3v) is 3.45. The molecule has 2 rings (SSSR count). The molecule has 2 amide bonds. The Morgan fingerprint density at radius 3 is 2.95 bits per heavy atom. The minimum Gasteiger partial charge on any atom is -0.465 e. The number of carbonyl (C=O) groups excluding carboxylic acids is 2. The van der Waals surface area contributed by atoms with E-state index in [4.69, 9.17) is 16.7 Å². The Hall–Kier alpha value is -2.28. The molecule has 0 bridgehead atoms. The first kappa shape index (κ1) is 15.1. The van der Waals surface area contributed by atoms with Gasteiger partial charge < -0.3 is 25.4 Å². The topological polar surface area (TPSA) is 98.7 Å². The number of carbonyl (C=O) groups is 3. The van der Waals surface area contributed by atoms with Crippen LogP contribution in [0, 0.1) is 0 Å². The van der Waals surface area contributed by atoms with Crippen LogP contribution in [-0.4, -0.2) is 42.6 Å². The van der Waals surface area contributed by atoms with Crippen molar-refractivity contribution in [1.82, 2.24) is 10.6 Å². The highest BCUT2D eigenvalue weighted by Gasteiger charge is 2.32. The van der Waals surface area contributed by atoms with E-state index >= 15 is 0 Å². The standard InChI is InChI=1S/C13H14ClN3O4/c14-8-3-1-4-9-11(8)12(19)16-10(7-15-13(20)21)17(9)5-2-6-18/h1,3-4,6,10,15H,2,5,7H2,(H,16,19)(H,20,21). The van der Waals surface area contributed by atoms with Crippen LogP contribution in [0.2, 0.25) is 5.02 Å². The molecule has 0 saturated heterocycles. The van der Waals surface area contributed by atoms with Crippen LogP contribution in [0.5, 0.6) is 0 Å². The summed E-state index contributed by atoms with van der Waals surface area (Å²) in [6.07, 6.45) is -0.732. The Kier molecular flexibility index (Phi) is 4.64. The van der Waals surface area contributed by atoms with Crippen LogP contribution < -0.4 is 15.5 Å². The van der Waals surface area contributed by atoms with Crippen molar-refractivity contribution in [3.05, 3.63) is 28.8 Å². The third-order valence-electron chi connectivity index (χ3n) is 3.14. The molecule has 0 aromatic heterocycles. The molecule has 3 N–H and O–H groups in total. The summed E-state index contributed by atoms with van der Waals surface area (Å²) in [5, 5.41) is 13.9. The largest absolute Gasteiger partial charge is 0.465 e. The highest BCUT2D eigenvalue weighted by molar-refractivity contribution is 6.34. The first-order valence-corrected chi connectivity index (χ1v) is 6.69. The smallest absolute Gasteiger partial charge is 0.404 e. The molecule has 1 aromatic carbocycles. The van der Waals surface area contributed by atoms with Gasteiger partial charge in [0.1, 0.15) is 12.5 Å². The number of rotatable bonds is 5. The molecule has 112 valence electrons. The van der Waals surface area contributed by atoms with Gasteiger partial charge in [0.2, 0.25) is 0 Å². The van der Waals surface area contributed by atoms with E-state index in [1.54, 1.807) is 23.1 Å². The van der Waals surface area contributed by atoms with Gasteiger partial charge in [-0.1, -0.05) is 17.7 Å². The lowest BCUT2D eigenvalue weighted by molar-refractivity contribution is -0.107. The lowest BCUT2D eigenvalue weighted by atomic mass is 10.1. The number of halogens is 1. The van der Waals surface area contributed by atoms with Crippen LogP contribution >= 0.6 is 11.6 Å². The zero-order valence-corrected chi connectivity index (χ0v) is 11.8. The number of anilines is 1. The minimum absolute atomic E-state index is 0.00584. The van der Waals surface area contributed by atoms with Crippen LogP contribution in [0.3, 0.4) is 0 Å². The zero-order chi connectivity index (χ0) is 15.4. The summed E-state index contributed by atoms with van der Waals surface area (Å²) in [7, 11) is 0. The molecule has 1 aromatic rings. The number of hydrogen-bond donors (Lipinski definition) is 3. The SMILES string of the molecule is O=CCCN1c2cccc(Cl)c2C(=O)NC1CNC(=O)O. The molecule has 1 heterocycles. The zero-order valence-electron chi connectivity index (χ0n) is 11.0. The first-order chi connectivity index (χ1) is 10.0. The number of fused-ring (bicyclic) bond motifs is 1. The second kappa shape index (κ2) is 6.45. The summed E-state index contributed by atoms with van der Waals surface area (Å²) in [5.41, 5.74) is 0.918. The Labute approximate surface area is 125 Å². The molecule has 8 heteroatoms. The number of nitrogens with one attached hydrogen (secondary N) is 2. The lowest BCUT2D eigenvalue weighted by Gasteiger charge is -2.38. The normalized spacial score (nSPS) is 16.9. The summed E-state index contributed by atoms with van der Waals surface area (Å²) < 4.78 is 0. The van der Waals surface area contributed by atoms with Crippen molar-refractivity contribution in [2.45, 2.75) is 12.6 Å². The maximum Gasteiger partial charge on any atom is 0.404 e. The van der Waals surface area contributed by atoms with Gasteiger partial charge in [-0.3, -0.25) is 4.79 Å². The van der Waals surface area contributed by atoms with E-state index < -0.39 is 12.3 Å². The van der Waals surface area contributed by atoms with E-state index in [0.717, 1.165) is 6.29 Å². The number of nitrogens with zero attached hydrogens (tertiary/aromatic N) is 1. The lowest BCUT2D eigenvalue weighted by Crippen LogP contribution is -2.58. The van der Waals surface area contributed by atoms with Gasteiger partial charge in [-0.15, -0.1) is 0 Å². The van der Waals surface area contributed by atoms with Gasteiger partial charge in [-0.25, -0.2) is 4.79 Å².